The van der Waals surface area contributed by atoms with Gasteiger partial charge in [0, 0.05) is 68.2 Å². The third kappa shape index (κ3) is 18.4. The number of benzene rings is 2. The summed E-state index contributed by atoms with van der Waals surface area (Å²) < 4.78 is 17.7. The van der Waals surface area contributed by atoms with Crippen LogP contribution in [-0.4, -0.2) is 239 Å². The summed E-state index contributed by atoms with van der Waals surface area (Å²) in [6.07, 6.45) is -8.07. The Morgan fingerprint density at radius 1 is 0.737 bits per heavy atom. The highest BCUT2D eigenvalue weighted by Crippen LogP contribution is 2.53. The van der Waals surface area contributed by atoms with Gasteiger partial charge in [-0.05, 0) is 63.9 Å². The quantitative estimate of drug-likeness (QED) is 0.0275. The number of carbonyl (C=O) groups excluding carboxylic acids is 12. The summed E-state index contributed by atoms with van der Waals surface area (Å²) in [5.74, 6) is -15.4. The molecule has 5 unspecified atom stereocenters. The number of nitrogens with zero attached hydrogens (tertiary/aromatic N) is 1. The third-order valence-electron chi connectivity index (χ3n) is 18.5. The zero-order valence-electron chi connectivity index (χ0n) is 55.4. The maximum absolute atomic E-state index is 14.4. The monoisotopic (exact) mass is 1400 g/mol. The number of ketones is 3. The van der Waals surface area contributed by atoms with Gasteiger partial charge >= 0.3 is 5.97 Å². The predicted molar refractivity (Wildman–Crippen MR) is 339 cm³/mol. The molecule has 7 rings (SSSR count). The fourth-order valence-corrected chi connectivity index (χ4v) is 13.3. The number of phenolic OH excluding ortho intramolecular Hbond substituents is 2. The van der Waals surface area contributed by atoms with Gasteiger partial charge < -0.3 is 108 Å². The molecule has 34 heteroatoms. The number of carbonyl (C=O) groups is 13. The number of ether oxygens (including phenoxy) is 3. The number of likely N-dealkylation sites (tertiary alicyclic amines) is 1. The topological polar surface area (TPSA) is 545 Å². The summed E-state index contributed by atoms with van der Waals surface area (Å²) in [4.78, 5) is 176. The van der Waals surface area contributed by atoms with Crippen molar-refractivity contribution in [3.63, 3.8) is 0 Å². The van der Waals surface area contributed by atoms with Crippen molar-refractivity contribution in [3.8, 4) is 17.2 Å². The lowest BCUT2D eigenvalue weighted by molar-refractivity contribution is -0.249. The number of hydrogen-bond donors (Lipinski definition) is 17. The maximum atomic E-state index is 14.4. The highest BCUT2D eigenvalue weighted by atomic mass is 16.7. The molecular formula is C65H89N9O25. The molecule has 0 spiro atoms. The van der Waals surface area contributed by atoms with Crippen LogP contribution in [0.3, 0.4) is 0 Å². The molecule has 0 aromatic heterocycles. The molecule has 2 aliphatic heterocycles. The number of aromatic hydroxyl groups is 2. The molecule has 544 valence electrons. The Morgan fingerprint density at radius 3 is 1.97 bits per heavy atom. The predicted octanol–water partition coefficient (Wildman–Crippen LogP) is -3.82. The molecule has 9 amide bonds. The van der Waals surface area contributed by atoms with Crippen LogP contribution in [0.25, 0.3) is 0 Å². The van der Waals surface area contributed by atoms with Crippen molar-refractivity contribution >= 4 is 76.5 Å². The summed E-state index contributed by atoms with van der Waals surface area (Å²) in [5.41, 5.74) is 0.557. The molecule has 99 heavy (non-hydrogen) atoms. The molecule has 2 aromatic carbocycles. The first kappa shape index (κ1) is 77.6. The molecule has 14 atom stereocenters. The Bertz CT molecular complexity index is 3430. The molecule has 1 saturated carbocycles. The van der Waals surface area contributed by atoms with Crippen molar-refractivity contribution in [2.45, 2.75) is 209 Å². The number of nitrogens with one attached hydrogen (secondary N) is 7. The number of methoxy groups -OCH3 is 1. The van der Waals surface area contributed by atoms with Gasteiger partial charge in [0.1, 0.15) is 77.9 Å². The van der Waals surface area contributed by atoms with Crippen LogP contribution in [0.5, 0.6) is 17.2 Å². The standard InChI is InChI=1S/C65H89N9O25/c1-28(2)19-37(60(91)69-36-21-47(98-30(4)53(36)84)99-42-23-65(96,43(79)27-77)22-34-49(42)57(88)51-50(55(34)86)54(85)33-13-9-14-41(97-5)48(33)56(51)87)70-61(92)38(25-75)72-59(90)35(17-18-44(66)80)68-64(95)52(31-11-7-6-8-12-31)73-62(93)39(26-76)71-58(89)29(3)67-63(94)40-20-32(78)24-74(40)45(81)15-10-16-46(82)83/h9,13-14,28-32,35-40,42,47,52-53,75-78,84,86,88,96H,6-8,10-12,15-27H2,1-5H3,(H2,66,80)(H,67,94)(H,68,95)(H,69,91)(H,70,92)(H,71,89)(H,72,90)(H,73,93)(H,82,83)/t29-,30?,32+,35-,36?,37-,38-,39-,40?,42-,47?,52-,53?,65-/m0/s1. The van der Waals surface area contributed by atoms with Crippen LogP contribution < -0.4 is 47.7 Å². The van der Waals surface area contributed by atoms with E-state index in [-0.39, 0.29) is 72.6 Å². The first-order valence-electron chi connectivity index (χ1n) is 32.8. The second-order valence-corrected chi connectivity index (χ2v) is 26.2. The van der Waals surface area contributed by atoms with Crippen molar-refractivity contribution in [1.29, 1.82) is 0 Å². The number of Topliss-reactive ketones (excluding diaryl/α,β-unsaturated/α-hetero) is 1. The van der Waals surface area contributed by atoms with E-state index >= 15 is 0 Å². The van der Waals surface area contributed by atoms with E-state index in [1.807, 2.05) is 0 Å². The summed E-state index contributed by atoms with van der Waals surface area (Å²) in [6, 6.07) is -8.06. The van der Waals surface area contributed by atoms with Crippen LogP contribution >= 0.6 is 0 Å². The lowest BCUT2D eigenvalue weighted by Crippen LogP contribution is -2.62. The SMILES string of the molecule is COc1cccc2c1C(=O)c1c(O)c3c(c(O)c1C2=O)C[C@@](O)(C(=O)CO)C[C@@H]3OC1CC(NC(=O)[C@H](CC(C)C)NC(=O)[C@H](CO)NC(=O)[C@H](CCC(N)=O)NC(=O)[C@@H](NC(=O)[C@H](CO)NC(=O)[C@H](C)NC(=O)C2C[C@@H](O)CN2C(=O)CCCC(=O)O)C2CCCCC2)C(O)C(C)O1. The molecule has 5 aliphatic rings. The summed E-state index contributed by atoms with van der Waals surface area (Å²) >= 11 is 0. The first-order valence-corrected chi connectivity index (χ1v) is 32.8. The van der Waals surface area contributed by atoms with Gasteiger partial charge in [-0.1, -0.05) is 45.2 Å². The number of carboxylic acid groups (broad SMARTS) is 1. The van der Waals surface area contributed by atoms with Crippen LogP contribution in [0.2, 0.25) is 0 Å². The van der Waals surface area contributed by atoms with Crippen LogP contribution in [0.1, 0.15) is 167 Å². The van der Waals surface area contributed by atoms with E-state index in [0.717, 1.165) is 11.3 Å². The first-order chi connectivity index (χ1) is 46.8. The number of phenols is 2. The van der Waals surface area contributed by atoms with Gasteiger partial charge in [-0.2, -0.15) is 0 Å². The molecule has 2 aromatic rings. The van der Waals surface area contributed by atoms with Crippen LogP contribution in [0, 0.1) is 11.8 Å². The summed E-state index contributed by atoms with van der Waals surface area (Å²) in [7, 11) is 1.25. The summed E-state index contributed by atoms with van der Waals surface area (Å²) in [5, 5.41) is 115. The van der Waals surface area contributed by atoms with Crippen molar-refractivity contribution < 1.29 is 122 Å². The number of rotatable bonds is 31. The molecule has 18 N–H and O–H groups in total. The Morgan fingerprint density at radius 2 is 1.35 bits per heavy atom. The zero-order chi connectivity index (χ0) is 73.1. The molecule has 0 radical (unpaired) electrons. The Labute approximate surface area is 567 Å². The summed E-state index contributed by atoms with van der Waals surface area (Å²) in [6.45, 7) is 2.46. The van der Waals surface area contributed by atoms with Crippen LogP contribution in [0.4, 0.5) is 0 Å². The number of β-amino-alcohol motifs (C(OH)–C–C–N with tert-alkyl or cyclic N) is 1. The minimum Gasteiger partial charge on any atom is -0.507 e. The zero-order valence-corrected chi connectivity index (χ0v) is 55.4. The van der Waals surface area contributed by atoms with E-state index in [4.69, 9.17) is 25.1 Å². The molecule has 3 fully saturated rings. The lowest BCUT2D eigenvalue weighted by Gasteiger charge is -2.43. The smallest absolute Gasteiger partial charge is 0.303 e. The van der Waals surface area contributed by atoms with Crippen molar-refractivity contribution in [2.75, 3.05) is 33.5 Å². The highest BCUT2D eigenvalue weighted by Gasteiger charge is 2.51. The number of primary amides is 1. The maximum Gasteiger partial charge on any atom is 0.303 e. The normalized spacial score (nSPS) is 23.8. The molecule has 2 saturated heterocycles. The molecular weight excluding hydrogens is 1310 g/mol. The number of amides is 9. The molecule has 34 nitrogen and oxygen atoms in total. The van der Waals surface area contributed by atoms with E-state index < -0.39 is 242 Å². The van der Waals surface area contributed by atoms with Gasteiger partial charge in [-0.25, -0.2) is 0 Å². The van der Waals surface area contributed by atoms with E-state index in [9.17, 15) is 103 Å². The molecule has 3 aliphatic carbocycles. The van der Waals surface area contributed by atoms with E-state index in [0.29, 0.717) is 25.7 Å². The number of nitrogens with two attached hydrogens (primary N) is 1. The Hall–Kier alpha value is -8.77. The molecule has 0 bridgehead atoms. The number of aliphatic hydroxyl groups excluding tert-OH is 5. The fourth-order valence-electron chi connectivity index (χ4n) is 13.3. The fraction of sp³-hybridized carbons (Fsp3) is 0.615. The van der Waals surface area contributed by atoms with Gasteiger partial charge in [-0.15, -0.1) is 0 Å². The average Bonchev–Trinajstić information content (AvgIpc) is 1.09. The number of aliphatic carboxylic acids is 1. The average molecular weight is 1400 g/mol. The second-order valence-electron chi connectivity index (χ2n) is 26.2. The lowest BCUT2D eigenvalue weighted by atomic mass is 9.72. The minimum absolute atomic E-state index is 0.0279. The van der Waals surface area contributed by atoms with E-state index in [1.54, 1.807) is 13.8 Å². The Balaban J connectivity index is 1.03. The second kappa shape index (κ2) is 33.9. The number of aliphatic hydroxyl groups is 6. The number of carboxylic acids is 1. The number of fused-ring (bicyclic) bond motifs is 3. The van der Waals surface area contributed by atoms with Crippen molar-refractivity contribution in [2.24, 2.45) is 17.6 Å². The minimum atomic E-state index is -2.51. The van der Waals surface area contributed by atoms with Crippen molar-refractivity contribution in [3.05, 3.63) is 51.6 Å². The van der Waals surface area contributed by atoms with E-state index in [1.165, 1.54) is 39.2 Å². The van der Waals surface area contributed by atoms with Crippen LogP contribution in [-0.2, 0) is 68.6 Å². The largest absolute Gasteiger partial charge is 0.507 e. The van der Waals surface area contributed by atoms with Crippen LogP contribution in [0.15, 0.2) is 18.2 Å². The van der Waals surface area contributed by atoms with Gasteiger partial charge in [-0.3, -0.25) is 62.3 Å². The van der Waals surface area contributed by atoms with Gasteiger partial charge in [0.25, 0.3) is 0 Å². The van der Waals surface area contributed by atoms with Gasteiger partial charge in [0.2, 0.25) is 58.9 Å². The van der Waals surface area contributed by atoms with Gasteiger partial charge in [0.05, 0.1) is 61.4 Å². The highest BCUT2D eigenvalue weighted by molar-refractivity contribution is 6.31. The van der Waals surface area contributed by atoms with Gasteiger partial charge in [0.15, 0.2) is 17.9 Å². The van der Waals surface area contributed by atoms with Crippen molar-refractivity contribution in [1.82, 2.24) is 42.1 Å². The molecule has 2 heterocycles. The third-order valence-corrected chi connectivity index (χ3v) is 18.5. The Kier molecular flexibility index (Phi) is 26.5. The number of hydrogen-bond acceptors (Lipinski definition) is 24. The van der Waals surface area contributed by atoms with E-state index in [2.05, 4.69) is 37.2 Å².